The topological polar surface area (TPSA) is 102 Å². The van der Waals surface area contributed by atoms with E-state index in [9.17, 15) is 4.79 Å². The molecule has 7 heteroatoms. The van der Waals surface area contributed by atoms with Crippen LogP contribution in [0.2, 0.25) is 0 Å². The zero-order valence-electron chi connectivity index (χ0n) is 14.1. The van der Waals surface area contributed by atoms with E-state index in [4.69, 9.17) is 10.5 Å². The van der Waals surface area contributed by atoms with Gasteiger partial charge in [0.25, 0.3) is 5.91 Å². The molecule has 0 saturated heterocycles. The summed E-state index contributed by atoms with van der Waals surface area (Å²) in [5.41, 5.74) is 5.68. The highest BCUT2D eigenvalue weighted by atomic mass is 16.5. The first-order valence-corrected chi connectivity index (χ1v) is 8.31. The number of carbonyl (C=O) groups excluding carboxylic acids is 1. The van der Waals surface area contributed by atoms with E-state index < -0.39 is 5.91 Å². The molecule has 0 radical (unpaired) electrons. The van der Waals surface area contributed by atoms with Crippen molar-refractivity contribution in [2.75, 3.05) is 17.2 Å². The van der Waals surface area contributed by atoms with E-state index >= 15 is 0 Å². The lowest BCUT2D eigenvalue weighted by atomic mass is 9.93. The minimum Gasteiger partial charge on any atom is -0.379 e. The van der Waals surface area contributed by atoms with Crippen LogP contribution in [0.5, 0.6) is 0 Å². The molecule has 0 atom stereocenters. The van der Waals surface area contributed by atoms with Crippen molar-refractivity contribution in [2.45, 2.75) is 64.6 Å². The predicted molar refractivity (Wildman–Crippen MR) is 90.6 cm³/mol. The van der Waals surface area contributed by atoms with Gasteiger partial charge in [-0.25, -0.2) is 4.98 Å². The van der Waals surface area contributed by atoms with E-state index in [0.29, 0.717) is 29.5 Å². The number of amides is 1. The van der Waals surface area contributed by atoms with Crippen LogP contribution in [0.15, 0.2) is 6.20 Å². The van der Waals surface area contributed by atoms with Crippen molar-refractivity contribution in [1.82, 2.24) is 9.97 Å². The monoisotopic (exact) mass is 321 g/mol. The van der Waals surface area contributed by atoms with E-state index in [1.54, 1.807) is 0 Å². The summed E-state index contributed by atoms with van der Waals surface area (Å²) in [6.07, 6.45) is 5.99. The molecule has 1 aliphatic carbocycles. The highest BCUT2D eigenvalue weighted by Gasteiger charge is 2.22. The Kier molecular flexibility index (Phi) is 6.15. The molecule has 2 rings (SSSR count). The van der Waals surface area contributed by atoms with Gasteiger partial charge in [0.05, 0.1) is 11.7 Å². The normalized spacial score (nSPS) is 21.2. The lowest BCUT2D eigenvalue weighted by Crippen LogP contribution is -2.30. The van der Waals surface area contributed by atoms with Crippen LogP contribution in [0.1, 0.15) is 56.8 Å². The Hall–Kier alpha value is -1.89. The van der Waals surface area contributed by atoms with Crippen LogP contribution in [-0.2, 0) is 4.74 Å². The van der Waals surface area contributed by atoms with Crippen LogP contribution in [0.25, 0.3) is 0 Å². The molecule has 0 unspecified atom stereocenters. The van der Waals surface area contributed by atoms with Gasteiger partial charge in [0.1, 0.15) is 5.82 Å². The molecule has 1 saturated carbocycles. The molecule has 1 amide bonds. The van der Waals surface area contributed by atoms with E-state index in [1.807, 2.05) is 20.8 Å². The second-order valence-electron chi connectivity index (χ2n) is 6.19. The van der Waals surface area contributed by atoms with E-state index in [2.05, 4.69) is 20.6 Å². The third-order valence-electron chi connectivity index (χ3n) is 3.89. The number of anilines is 2. The third-order valence-corrected chi connectivity index (χ3v) is 3.89. The zero-order chi connectivity index (χ0) is 16.8. The van der Waals surface area contributed by atoms with Crippen molar-refractivity contribution < 1.29 is 9.53 Å². The second kappa shape index (κ2) is 8.10. The average Bonchev–Trinajstić information content (AvgIpc) is 2.49. The smallest absolute Gasteiger partial charge is 0.254 e. The van der Waals surface area contributed by atoms with Gasteiger partial charge in [-0.1, -0.05) is 0 Å². The Labute approximate surface area is 137 Å². The fraction of sp³-hybridized carbons (Fsp3) is 0.688. The molecular weight excluding hydrogens is 294 g/mol. The molecule has 0 bridgehead atoms. The largest absolute Gasteiger partial charge is 0.379 e. The first kappa shape index (κ1) is 17.5. The van der Waals surface area contributed by atoms with Crippen LogP contribution in [0, 0.1) is 0 Å². The lowest BCUT2D eigenvalue weighted by molar-refractivity contribution is 0.0346. The number of rotatable bonds is 7. The van der Waals surface area contributed by atoms with Crippen molar-refractivity contribution >= 4 is 17.7 Å². The summed E-state index contributed by atoms with van der Waals surface area (Å²) in [6.45, 7) is 6.76. The fourth-order valence-corrected chi connectivity index (χ4v) is 2.81. The van der Waals surface area contributed by atoms with Gasteiger partial charge in [-0.2, -0.15) is 4.98 Å². The number of carbonyl (C=O) groups is 1. The lowest BCUT2D eigenvalue weighted by Gasteiger charge is -2.29. The summed E-state index contributed by atoms with van der Waals surface area (Å²) in [5.74, 6) is 0.475. The molecule has 4 N–H and O–H groups in total. The molecule has 128 valence electrons. The summed E-state index contributed by atoms with van der Waals surface area (Å²) >= 11 is 0. The van der Waals surface area contributed by atoms with Crippen LogP contribution in [-0.4, -0.2) is 40.7 Å². The number of nitrogens with one attached hydrogen (secondary N) is 2. The first-order valence-electron chi connectivity index (χ1n) is 8.31. The average molecular weight is 321 g/mol. The highest BCUT2D eigenvalue weighted by Crippen LogP contribution is 2.24. The van der Waals surface area contributed by atoms with Gasteiger partial charge < -0.3 is 21.1 Å². The Morgan fingerprint density at radius 2 is 2.09 bits per heavy atom. The number of aromatic nitrogens is 2. The standard InChI is InChI=1S/C16H27N5O2/c1-4-23-12-7-5-11(6-8-12)20-16-18-9-13(14(17)22)15(21-16)19-10(2)3/h9-12H,4-8H2,1-3H3,(H2,17,22)(H2,18,19,20,21)/t11-,12-. The molecular formula is C16H27N5O2. The maximum atomic E-state index is 11.5. The Balaban J connectivity index is 2.02. The summed E-state index contributed by atoms with van der Waals surface area (Å²) in [6, 6.07) is 0.482. The molecule has 0 aliphatic heterocycles. The molecule has 1 aromatic rings. The molecule has 0 spiro atoms. The molecule has 1 aromatic heterocycles. The molecule has 1 heterocycles. The number of hydrogen-bond donors (Lipinski definition) is 3. The summed E-state index contributed by atoms with van der Waals surface area (Å²) in [7, 11) is 0. The second-order valence-corrected chi connectivity index (χ2v) is 6.19. The van der Waals surface area contributed by atoms with Crippen molar-refractivity contribution in [3.05, 3.63) is 11.8 Å². The minimum absolute atomic E-state index is 0.150. The molecule has 7 nitrogen and oxygen atoms in total. The summed E-state index contributed by atoms with van der Waals surface area (Å²) < 4.78 is 5.67. The van der Waals surface area contributed by atoms with Gasteiger partial charge in [0.15, 0.2) is 0 Å². The third kappa shape index (κ3) is 5.06. The van der Waals surface area contributed by atoms with Crippen molar-refractivity contribution in [3.8, 4) is 0 Å². The maximum absolute atomic E-state index is 11.5. The van der Waals surface area contributed by atoms with E-state index in [-0.39, 0.29) is 6.04 Å². The Morgan fingerprint density at radius 1 is 1.39 bits per heavy atom. The van der Waals surface area contributed by atoms with Gasteiger partial charge in [-0.3, -0.25) is 4.79 Å². The fourth-order valence-electron chi connectivity index (χ4n) is 2.81. The van der Waals surface area contributed by atoms with Gasteiger partial charge >= 0.3 is 0 Å². The number of ether oxygens (including phenoxy) is 1. The first-order chi connectivity index (χ1) is 11.0. The quantitative estimate of drug-likeness (QED) is 0.711. The molecule has 1 aliphatic rings. The maximum Gasteiger partial charge on any atom is 0.254 e. The van der Waals surface area contributed by atoms with Gasteiger partial charge in [0.2, 0.25) is 5.95 Å². The SMILES string of the molecule is CCO[C@H]1CC[C@H](Nc2ncc(C(N)=O)c(NC(C)C)n2)CC1. The zero-order valence-corrected chi connectivity index (χ0v) is 14.1. The molecule has 0 aromatic carbocycles. The van der Waals surface area contributed by atoms with Crippen LogP contribution in [0.4, 0.5) is 11.8 Å². The highest BCUT2D eigenvalue weighted by molar-refractivity contribution is 5.97. The molecule has 1 fully saturated rings. The van der Waals surface area contributed by atoms with Crippen molar-refractivity contribution in [3.63, 3.8) is 0 Å². The number of nitrogens with zero attached hydrogens (tertiary/aromatic N) is 2. The Bertz CT molecular complexity index is 527. The number of primary amides is 1. The Morgan fingerprint density at radius 3 is 2.65 bits per heavy atom. The van der Waals surface area contributed by atoms with Crippen LogP contribution >= 0.6 is 0 Å². The molecule has 23 heavy (non-hydrogen) atoms. The number of hydrogen-bond acceptors (Lipinski definition) is 6. The van der Waals surface area contributed by atoms with E-state index in [0.717, 1.165) is 32.3 Å². The minimum atomic E-state index is -0.531. The van der Waals surface area contributed by atoms with Gasteiger partial charge in [-0.05, 0) is 46.5 Å². The van der Waals surface area contributed by atoms with E-state index in [1.165, 1.54) is 6.20 Å². The van der Waals surface area contributed by atoms with Gasteiger partial charge in [-0.15, -0.1) is 0 Å². The van der Waals surface area contributed by atoms with Gasteiger partial charge in [0, 0.05) is 24.9 Å². The van der Waals surface area contributed by atoms with Crippen LogP contribution < -0.4 is 16.4 Å². The van der Waals surface area contributed by atoms with Crippen LogP contribution in [0.3, 0.4) is 0 Å². The summed E-state index contributed by atoms with van der Waals surface area (Å²) in [5, 5.41) is 6.50. The number of nitrogens with two attached hydrogens (primary N) is 1. The van der Waals surface area contributed by atoms with Crippen molar-refractivity contribution in [2.24, 2.45) is 5.73 Å². The van der Waals surface area contributed by atoms with Crippen molar-refractivity contribution in [1.29, 1.82) is 0 Å². The predicted octanol–water partition coefficient (Wildman–Crippen LogP) is 2.16. The summed E-state index contributed by atoms with van der Waals surface area (Å²) in [4.78, 5) is 20.1.